The Labute approximate surface area is 134 Å². The molecule has 0 aliphatic carbocycles. The van der Waals surface area contributed by atoms with E-state index in [1.165, 1.54) is 0 Å². The van der Waals surface area contributed by atoms with E-state index in [1.54, 1.807) is 11.8 Å². The molecule has 23 heavy (non-hydrogen) atoms. The van der Waals surface area contributed by atoms with Crippen LogP contribution >= 0.6 is 0 Å². The highest BCUT2D eigenvalue weighted by atomic mass is 16.5. The van der Waals surface area contributed by atoms with Gasteiger partial charge in [-0.3, -0.25) is 0 Å². The van der Waals surface area contributed by atoms with Gasteiger partial charge in [0.15, 0.2) is 0 Å². The zero-order valence-electron chi connectivity index (χ0n) is 12.7. The van der Waals surface area contributed by atoms with Crippen molar-refractivity contribution in [2.24, 2.45) is 0 Å². The Kier molecular flexibility index (Phi) is 3.27. The molecule has 4 nitrogen and oxygen atoms in total. The molecule has 0 aliphatic rings. The number of hydrogen-bond donors (Lipinski definition) is 0. The van der Waals surface area contributed by atoms with Gasteiger partial charge >= 0.3 is 0 Å². The topological polar surface area (TPSA) is 39.9 Å². The second kappa shape index (κ2) is 5.57. The van der Waals surface area contributed by atoms with Crippen molar-refractivity contribution in [3.8, 4) is 22.7 Å². The SMILES string of the molecule is COc1ccc2cc(-n3cc(-c4ccccc4)nn3)ccc2c1. The van der Waals surface area contributed by atoms with E-state index in [0.717, 1.165) is 33.5 Å². The van der Waals surface area contributed by atoms with Crippen molar-refractivity contribution in [1.82, 2.24) is 15.0 Å². The summed E-state index contributed by atoms with van der Waals surface area (Å²) < 4.78 is 7.06. The summed E-state index contributed by atoms with van der Waals surface area (Å²) in [5, 5.41) is 10.8. The highest BCUT2D eigenvalue weighted by Crippen LogP contribution is 2.24. The van der Waals surface area contributed by atoms with Crippen LogP contribution in [-0.2, 0) is 0 Å². The Hall–Kier alpha value is -3.14. The van der Waals surface area contributed by atoms with Crippen molar-refractivity contribution < 1.29 is 4.74 Å². The molecular formula is C19H15N3O. The number of benzene rings is 3. The van der Waals surface area contributed by atoms with Gasteiger partial charge in [0.1, 0.15) is 11.4 Å². The van der Waals surface area contributed by atoms with Gasteiger partial charge < -0.3 is 4.74 Å². The summed E-state index contributed by atoms with van der Waals surface area (Å²) in [7, 11) is 1.68. The molecule has 0 radical (unpaired) electrons. The summed E-state index contributed by atoms with van der Waals surface area (Å²) in [5.41, 5.74) is 2.90. The first-order valence-electron chi connectivity index (χ1n) is 7.39. The molecule has 0 bridgehead atoms. The summed E-state index contributed by atoms with van der Waals surface area (Å²) in [6, 6.07) is 22.3. The molecule has 4 rings (SSSR count). The monoisotopic (exact) mass is 301 g/mol. The lowest BCUT2D eigenvalue weighted by atomic mass is 10.1. The molecule has 1 aromatic heterocycles. The molecule has 0 spiro atoms. The molecular weight excluding hydrogens is 286 g/mol. The lowest BCUT2D eigenvalue weighted by molar-refractivity contribution is 0.415. The number of fused-ring (bicyclic) bond motifs is 1. The first-order valence-corrected chi connectivity index (χ1v) is 7.39. The quantitative estimate of drug-likeness (QED) is 0.572. The van der Waals surface area contributed by atoms with E-state index in [4.69, 9.17) is 4.74 Å². The fraction of sp³-hybridized carbons (Fsp3) is 0.0526. The number of aromatic nitrogens is 3. The van der Waals surface area contributed by atoms with Crippen LogP contribution in [0.25, 0.3) is 27.7 Å². The maximum atomic E-state index is 5.26. The summed E-state index contributed by atoms with van der Waals surface area (Å²) in [6.45, 7) is 0. The van der Waals surface area contributed by atoms with Crippen LogP contribution in [0.15, 0.2) is 72.9 Å². The van der Waals surface area contributed by atoms with Crippen LogP contribution in [0.3, 0.4) is 0 Å². The first kappa shape index (κ1) is 13.5. The minimum Gasteiger partial charge on any atom is -0.497 e. The Bertz CT molecular complexity index is 961. The maximum Gasteiger partial charge on any atom is 0.119 e. The standard InChI is InChI=1S/C19H15N3O/c1-23-18-10-8-15-11-17(9-7-16(15)12-18)22-13-19(20-21-22)14-5-3-2-4-6-14/h2-13H,1H3. The summed E-state index contributed by atoms with van der Waals surface area (Å²) in [5.74, 6) is 0.859. The van der Waals surface area contributed by atoms with E-state index < -0.39 is 0 Å². The van der Waals surface area contributed by atoms with Gasteiger partial charge in [-0.25, -0.2) is 4.68 Å². The van der Waals surface area contributed by atoms with E-state index in [1.807, 2.05) is 60.8 Å². The molecule has 0 fully saturated rings. The van der Waals surface area contributed by atoms with Crippen LogP contribution in [0.2, 0.25) is 0 Å². The number of rotatable bonds is 3. The minimum absolute atomic E-state index is 0.859. The molecule has 0 N–H and O–H groups in total. The largest absolute Gasteiger partial charge is 0.497 e. The molecule has 0 aliphatic heterocycles. The number of nitrogens with zero attached hydrogens (tertiary/aromatic N) is 3. The zero-order chi connectivity index (χ0) is 15.6. The summed E-state index contributed by atoms with van der Waals surface area (Å²) in [6.07, 6.45) is 1.94. The van der Waals surface area contributed by atoms with Gasteiger partial charge in [-0.05, 0) is 35.0 Å². The fourth-order valence-corrected chi connectivity index (χ4v) is 2.61. The van der Waals surface area contributed by atoms with Gasteiger partial charge in [0, 0.05) is 5.56 Å². The smallest absolute Gasteiger partial charge is 0.119 e. The summed E-state index contributed by atoms with van der Waals surface area (Å²) >= 11 is 0. The van der Waals surface area contributed by atoms with Crippen LogP contribution < -0.4 is 4.74 Å². The van der Waals surface area contributed by atoms with Gasteiger partial charge in [-0.15, -0.1) is 5.10 Å². The second-order valence-corrected chi connectivity index (χ2v) is 5.31. The van der Waals surface area contributed by atoms with Crippen LogP contribution in [0.5, 0.6) is 5.75 Å². The number of ether oxygens (including phenoxy) is 1. The highest BCUT2D eigenvalue weighted by molar-refractivity contribution is 5.85. The Balaban J connectivity index is 1.73. The van der Waals surface area contributed by atoms with Gasteiger partial charge in [-0.1, -0.05) is 47.7 Å². The van der Waals surface area contributed by atoms with Crippen LogP contribution in [0.1, 0.15) is 0 Å². The van der Waals surface area contributed by atoms with Crippen LogP contribution in [0.4, 0.5) is 0 Å². The predicted molar refractivity (Wildman–Crippen MR) is 90.9 cm³/mol. The van der Waals surface area contributed by atoms with Crippen molar-refractivity contribution in [3.05, 3.63) is 72.9 Å². The van der Waals surface area contributed by atoms with Crippen molar-refractivity contribution in [3.63, 3.8) is 0 Å². The Morgan fingerprint density at radius 1 is 0.870 bits per heavy atom. The summed E-state index contributed by atoms with van der Waals surface area (Å²) in [4.78, 5) is 0. The molecule has 0 saturated heterocycles. The van der Waals surface area contributed by atoms with E-state index in [-0.39, 0.29) is 0 Å². The minimum atomic E-state index is 0.859. The third kappa shape index (κ3) is 2.55. The van der Waals surface area contributed by atoms with Crippen LogP contribution in [0, 0.1) is 0 Å². The fourth-order valence-electron chi connectivity index (χ4n) is 2.61. The van der Waals surface area contributed by atoms with E-state index in [2.05, 4.69) is 22.4 Å². The maximum absolute atomic E-state index is 5.26. The second-order valence-electron chi connectivity index (χ2n) is 5.31. The van der Waals surface area contributed by atoms with Gasteiger partial charge in [-0.2, -0.15) is 0 Å². The number of hydrogen-bond acceptors (Lipinski definition) is 3. The van der Waals surface area contributed by atoms with Gasteiger partial charge in [0.25, 0.3) is 0 Å². The van der Waals surface area contributed by atoms with Gasteiger partial charge in [0.2, 0.25) is 0 Å². The average molecular weight is 301 g/mol. The first-order chi connectivity index (χ1) is 11.3. The number of methoxy groups -OCH3 is 1. The van der Waals surface area contributed by atoms with Gasteiger partial charge in [0.05, 0.1) is 19.0 Å². The molecule has 3 aromatic carbocycles. The highest BCUT2D eigenvalue weighted by Gasteiger charge is 2.06. The van der Waals surface area contributed by atoms with Crippen LogP contribution in [-0.4, -0.2) is 22.1 Å². The molecule has 4 heteroatoms. The third-order valence-electron chi connectivity index (χ3n) is 3.86. The van der Waals surface area contributed by atoms with Crippen molar-refractivity contribution in [2.45, 2.75) is 0 Å². The lowest BCUT2D eigenvalue weighted by Crippen LogP contribution is -1.94. The van der Waals surface area contributed by atoms with Crippen molar-refractivity contribution in [2.75, 3.05) is 7.11 Å². The van der Waals surface area contributed by atoms with E-state index in [0.29, 0.717) is 0 Å². The Morgan fingerprint density at radius 3 is 2.48 bits per heavy atom. The Morgan fingerprint density at radius 2 is 1.65 bits per heavy atom. The third-order valence-corrected chi connectivity index (χ3v) is 3.86. The molecule has 0 amide bonds. The molecule has 0 atom stereocenters. The molecule has 112 valence electrons. The molecule has 0 unspecified atom stereocenters. The predicted octanol–water partition coefficient (Wildman–Crippen LogP) is 4.10. The molecule has 1 heterocycles. The molecule has 4 aromatic rings. The average Bonchev–Trinajstić information content (AvgIpc) is 3.11. The van der Waals surface area contributed by atoms with Crippen molar-refractivity contribution >= 4 is 10.8 Å². The normalized spacial score (nSPS) is 10.8. The van der Waals surface area contributed by atoms with E-state index >= 15 is 0 Å². The lowest BCUT2D eigenvalue weighted by Gasteiger charge is -2.05. The molecule has 0 saturated carbocycles. The van der Waals surface area contributed by atoms with E-state index in [9.17, 15) is 0 Å². The van der Waals surface area contributed by atoms with Crippen molar-refractivity contribution in [1.29, 1.82) is 0 Å². The zero-order valence-corrected chi connectivity index (χ0v) is 12.7.